The molecule has 0 aliphatic carbocycles. The summed E-state index contributed by atoms with van der Waals surface area (Å²) < 4.78 is 10.5. The molecule has 1 aromatic heterocycles. The zero-order valence-corrected chi connectivity index (χ0v) is 18.4. The summed E-state index contributed by atoms with van der Waals surface area (Å²) in [6, 6.07) is 23.9. The molecule has 0 aliphatic rings. The van der Waals surface area contributed by atoms with Crippen molar-refractivity contribution in [2.24, 2.45) is 5.10 Å². The summed E-state index contributed by atoms with van der Waals surface area (Å²) in [5, 5.41) is 4.99. The van der Waals surface area contributed by atoms with E-state index in [2.05, 4.69) is 15.5 Å². The van der Waals surface area contributed by atoms with Crippen LogP contribution in [0.2, 0.25) is 0 Å². The standard InChI is InChI=1S/C25H21N3O3S/c1-17-23(19-6-4-3-5-7-19)27-25(32-17)28-26-16-18-8-12-22(13-9-18)31-24(29)20-10-14-21(30-2)15-11-20/h3-16H,1-2H3,(H,27,28)/b26-16-. The number of ether oxygens (including phenoxy) is 2. The van der Waals surface area contributed by atoms with E-state index in [1.165, 1.54) is 0 Å². The number of benzene rings is 3. The molecule has 0 atom stereocenters. The number of hydrazone groups is 1. The molecule has 7 heteroatoms. The van der Waals surface area contributed by atoms with E-state index in [1.54, 1.807) is 61.1 Å². The van der Waals surface area contributed by atoms with Crippen molar-refractivity contribution in [3.63, 3.8) is 0 Å². The zero-order valence-electron chi connectivity index (χ0n) is 17.6. The van der Waals surface area contributed by atoms with E-state index < -0.39 is 5.97 Å². The molecule has 0 fully saturated rings. The smallest absolute Gasteiger partial charge is 0.343 e. The van der Waals surface area contributed by atoms with Crippen molar-refractivity contribution in [3.8, 4) is 22.8 Å². The topological polar surface area (TPSA) is 72.8 Å². The summed E-state index contributed by atoms with van der Waals surface area (Å²) in [4.78, 5) is 18.0. The van der Waals surface area contributed by atoms with Gasteiger partial charge in [-0.05, 0) is 61.0 Å². The normalized spacial score (nSPS) is 10.8. The minimum absolute atomic E-state index is 0.427. The van der Waals surface area contributed by atoms with Crippen molar-refractivity contribution in [2.75, 3.05) is 12.5 Å². The maximum Gasteiger partial charge on any atom is 0.343 e. The first-order chi connectivity index (χ1) is 15.6. The lowest BCUT2D eigenvalue weighted by Gasteiger charge is -2.05. The third-order valence-corrected chi connectivity index (χ3v) is 5.51. The Balaban J connectivity index is 1.35. The second-order valence-electron chi connectivity index (χ2n) is 6.85. The maximum atomic E-state index is 12.3. The van der Waals surface area contributed by atoms with Gasteiger partial charge in [-0.15, -0.1) is 11.3 Å². The van der Waals surface area contributed by atoms with Crippen LogP contribution in [0.1, 0.15) is 20.8 Å². The van der Waals surface area contributed by atoms with Crippen LogP contribution in [0.15, 0.2) is 84.0 Å². The lowest BCUT2D eigenvalue weighted by Crippen LogP contribution is -2.08. The molecule has 1 heterocycles. The molecule has 0 unspecified atom stereocenters. The minimum atomic E-state index is -0.427. The molecule has 0 bridgehead atoms. The van der Waals surface area contributed by atoms with Crippen LogP contribution in [0.4, 0.5) is 5.13 Å². The van der Waals surface area contributed by atoms with E-state index in [1.807, 2.05) is 49.4 Å². The van der Waals surface area contributed by atoms with Gasteiger partial charge in [-0.3, -0.25) is 5.43 Å². The molecule has 6 nitrogen and oxygen atoms in total. The highest BCUT2D eigenvalue weighted by Crippen LogP contribution is 2.30. The number of nitrogens with zero attached hydrogens (tertiary/aromatic N) is 2. The number of anilines is 1. The van der Waals surface area contributed by atoms with Crippen LogP contribution in [0.25, 0.3) is 11.3 Å². The summed E-state index contributed by atoms with van der Waals surface area (Å²) in [7, 11) is 1.58. The molecule has 4 rings (SSSR count). The molecule has 1 N–H and O–H groups in total. The second kappa shape index (κ2) is 9.89. The fourth-order valence-electron chi connectivity index (χ4n) is 2.99. The molecule has 0 aliphatic heterocycles. The Kier molecular flexibility index (Phi) is 6.57. The number of carbonyl (C=O) groups is 1. The number of aryl methyl sites for hydroxylation is 1. The molecule has 0 saturated carbocycles. The summed E-state index contributed by atoms with van der Waals surface area (Å²) in [6.45, 7) is 2.04. The van der Waals surface area contributed by atoms with Gasteiger partial charge >= 0.3 is 5.97 Å². The average molecular weight is 444 g/mol. The first-order valence-corrected chi connectivity index (χ1v) is 10.7. The Morgan fingerprint density at radius 3 is 2.34 bits per heavy atom. The summed E-state index contributed by atoms with van der Waals surface area (Å²) in [6.07, 6.45) is 1.69. The number of hydrogen-bond acceptors (Lipinski definition) is 7. The molecule has 32 heavy (non-hydrogen) atoms. The van der Waals surface area contributed by atoms with Crippen LogP contribution in [0, 0.1) is 6.92 Å². The third kappa shape index (κ3) is 5.19. The largest absolute Gasteiger partial charge is 0.497 e. The van der Waals surface area contributed by atoms with Gasteiger partial charge in [0, 0.05) is 10.4 Å². The van der Waals surface area contributed by atoms with E-state index in [4.69, 9.17) is 9.47 Å². The number of hydrogen-bond donors (Lipinski definition) is 1. The van der Waals surface area contributed by atoms with Gasteiger partial charge in [0.15, 0.2) is 0 Å². The van der Waals surface area contributed by atoms with Gasteiger partial charge in [-0.2, -0.15) is 5.10 Å². The van der Waals surface area contributed by atoms with Gasteiger partial charge in [0.25, 0.3) is 0 Å². The fraction of sp³-hybridized carbons (Fsp3) is 0.0800. The Morgan fingerprint density at radius 1 is 0.969 bits per heavy atom. The van der Waals surface area contributed by atoms with Gasteiger partial charge in [0.2, 0.25) is 5.13 Å². The summed E-state index contributed by atoms with van der Waals surface area (Å²) in [5.74, 6) is 0.714. The van der Waals surface area contributed by atoms with Crippen molar-refractivity contribution in [1.82, 2.24) is 4.98 Å². The van der Waals surface area contributed by atoms with Gasteiger partial charge in [0.1, 0.15) is 11.5 Å². The van der Waals surface area contributed by atoms with Crippen LogP contribution in [0.5, 0.6) is 11.5 Å². The van der Waals surface area contributed by atoms with Crippen molar-refractivity contribution in [2.45, 2.75) is 6.92 Å². The fourth-order valence-corrected chi connectivity index (χ4v) is 3.77. The van der Waals surface area contributed by atoms with E-state index in [0.717, 1.165) is 26.8 Å². The Hall–Kier alpha value is -3.97. The molecule has 0 saturated heterocycles. The van der Waals surface area contributed by atoms with Crippen molar-refractivity contribution < 1.29 is 14.3 Å². The second-order valence-corrected chi connectivity index (χ2v) is 8.05. The Morgan fingerprint density at radius 2 is 1.66 bits per heavy atom. The van der Waals surface area contributed by atoms with Crippen LogP contribution in [-0.2, 0) is 0 Å². The lowest BCUT2D eigenvalue weighted by molar-refractivity contribution is 0.0734. The molecule has 3 aromatic carbocycles. The highest BCUT2D eigenvalue weighted by molar-refractivity contribution is 7.15. The monoisotopic (exact) mass is 443 g/mol. The number of methoxy groups -OCH3 is 1. The maximum absolute atomic E-state index is 12.3. The van der Waals surface area contributed by atoms with E-state index in [0.29, 0.717) is 17.1 Å². The number of thiazole rings is 1. The summed E-state index contributed by atoms with van der Waals surface area (Å²) in [5.41, 5.74) is 6.33. The van der Waals surface area contributed by atoms with Gasteiger partial charge < -0.3 is 9.47 Å². The first-order valence-electron chi connectivity index (χ1n) is 9.90. The molecular formula is C25H21N3O3S. The molecule has 0 amide bonds. The Bertz CT molecular complexity index is 1220. The van der Waals surface area contributed by atoms with Crippen LogP contribution < -0.4 is 14.9 Å². The first kappa shape index (κ1) is 21.3. The van der Waals surface area contributed by atoms with E-state index in [-0.39, 0.29) is 0 Å². The van der Waals surface area contributed by atoms with Crippen LogP contribution >= 0.6 is 11.3 Å². The average Bonchev–Trinajstić information content (AvgIpc) is 3.21. The van der Waals surface area contributed by atoms with Gasteiger partial charge in [-0.25, -0.2) is 9.78 Å². The molecule has 0 radical (unpaired) electrons. The number of carbonyl (C=O) groups excluding carboxylic acids is 1. The van der Waals surface area contributed by atoms with Crippen molar-refractivity contribution in [3.05, 3.63) is 94.9 Å². The number of esters is 1. The predicted octanol–water partition coefficient (Wildman–Crippen LogP) is 5.79. The highest BCUT2D eigenvalue weighted by Gasteiger charge is 2.10. The molecular weight excluding hydrogens is 422 g/mol. The number of aromatic nitrogens is 1. The summed E-state index contributed by atoms with van der Waals surface area (Å²) >= 11 is 1.55. The zero-order chi connectivity index (χ0) is 22.3. The van der Waals surface area contributed by atoms with Gasteiger partial charge in [-0.1, -0.05) is 30.3 Å². The molecule has 0 spiro atoms. The minimum Gasteiger partial charge on any atom is -0.497 e. The number of nitrogens with one attached hydrogen (secondary N) is 1. The van der Waals surface area contributed by atoms with Crippen LogP contribution in [0.3, 0.4) is 0 Å². The van der Waals surface area contributed by atoms with E-state index in [9.17, 15) is 4.79 Å². The SMILES string of the molecule is COc1ccc(C(=O)Oc2ccc(/C=N\Nc3nc(-c4ccccc4)c(C)s3)cc2)cc1. The van der Waals surface area contributed by atoms with Crippen molar-refractivity contribution in [1.29, 1.82) is 0 Å². The molecule has 160 valence electrons. The van der Waals surface area contributed by atoms with E-state index >= 15 is 0 Å². The lowest BCUT2D eigenvalue weighted by atomic mass is 10.1. The van der Waals surface area contributed by atoms with Crippen LogP contribution in [-0.4, -0.2) is 24.3 Å². The molecule has 4 aromatic rings. The van der Waals surface area contributed by atoms with Crippen molar-refractivity contribution >= 4 is 28.7 Å². The third-order valence-electron chi connectivity index (χ3n) is 4.63. The quantitative estimate of drug-likeness (QED) is 0.169. The van der Waals surface area contributed by atoms with Gasteiger partial charge in [0.05, 0.1) is 24.6 Å². The highest BCUT2D eigenvalue weighted by atomic mass is 32.1. The predicted molar refractivity (Wildman–Crippen MR) is 128 cm³/mol. The number of rotatable bonds is 7. The Labute approximate surface area is 190 Å².